The number of carbonyl (C=O) groups is 2. The zero-order valence-corrected chi connectivity index (χ0v) is 15.9. The summed E-state index contributed by atoms with van der Waals surface area (Å²) in [6.07, 6.45) is -0.267. The Labute approximate surface area is 156 Å². The molecule has 1 aromatic heterocycles. The molecule has 0 bridgehead atoms. The summed E-state index contributed by atoms with van der Waals surface area (Å²) in [5, 5.41) is 12.4. The lowest BCUT2D eigenvalue weighted by molar-refractivity contribution is 0.0383. The van der Waals surface area contributed by atoms with Gasteiger partial charge in [0.05, 0.1) is 18.3 Å². The first-order valence-electron chi connectivity index (χ1n) is 8.16. The SMILES string of the molecule is CCOc1ccc(C(=O)Nc2sc(C(=O)OC(C)C)c(C)c2C#N)cc1. The van der Waals surface area contributed by atoms with Crippen LogP contribution in [0.2, 0.25) is 0 Å². The molecule has 0 aliphatic carbocycles. The maximum Gasteiger partial charge on any atom is 0.348 e. The highest BCUT2D eigenvalue weighted by atomic mass is 32.1. The molecule has 0 aliphatic rings. The second-order valence-corrected chi connectivity index (χ2v) is 6.76. The Morgan fingerprint density at radius 2 is 1.92 bits per heavy atom. The van der Waals surface area contributed by atoms with Crippen molar-refractivity contribution in [2.24, 2.45) is 0 Å². The van der Waals surface area contributed by atoms with Gasteiger partial charge in [0.25, 0.3) is 5.91 Å². The van der Waals surface area contributed by atoms with Crippen LogP contribution in [-0.4, -0.2) is 24.6 Å². The average molecular weight is 372 g/mol. The third kappa shape index (κ3) is 4.41. The van der Waals surface area contributed by atoms with Crippen LogP contribution in [-0.2, 0) is 4.74 Å². The van der Waals surface area contributed by atoms with E-state index < -0.39 is 5.97 Å². The van der Waals surface area contributed by atoms with Gasteiger partial charge in [-0.05, 0) is 57.5 Å². The Kier molecular flexibility index (Phi) is 6.36. The van der Waals surface area contributed by atoms with Crippen LogP contribution in [0.25, 0.3) is 0 Å². The van der Waals surface area contributed by atoms with Crippen LogP contribution >= 0.6 is 11.3 Å². The van der Waals surface area contributed by atoms with Gasteiger partial charge in [-0.25, -0.2) is 4.79 Å². The minimum absolute atomic E-state index is 0.267. The lowest BCUT2D eigenvalue weighted by atomic mass is 10.1. The third-order valence-corrected chi connectivity index (χ3v) is 4.63. The van der Waals surface area contributed by atoms with Crippen LogP contribution in [0, 0.1) is 18.3 Å². The van der Waals surface area contributed by atoms with E-state index in [0.717, 1.165) is 11.3 Å². The molecule has 26 heavy (non-hydrogen) atoms. The Hall–Kier alpha value is -2.85. The molecular weight excluding hydrogens is 352 g/mol. The number of benzene rings is 1. The molecule has 7 heteroatoms. The van der Waals surface area contributed by atoms with E-state index in [1.807, 2.05) is 13.0 Å². The molecule has 2 aromatic rings. The van der Waals surface area contributed by atoms with Crippen molar-refractivity contribution in [1.82, 2.24) is 0 Å². The van der Waals surface area contributed by atoms with E-state index >= 15 is 0 Å². The highest BCUT2D eigenvalue weighted by molar-refractivity contribution is 7.18. The lowest BCUT2D eigenvalue weighted by Crippen LogP contribution is -2.11. The molecule has 0 spiro atoms. The Balaban J connectivity index is 2.24. The molecule has 2 rings (SSSR count). The number of hydrogen-bond acceptors (Lipinski definition) is 6. The van der Waals surface area contributed by atoms with Gasteiger partial charge in [0.2, 0.25) is 0 Å². The molecule has 0 aliphatic heterocycles. The number of thiophene rings is 1. The summed E-state index contributed by atoms with van der Waals surface area (Å²) in [7, 11) is 0. The van der Waals surface area contributed by atoms with Crippen molar-refractivity contribution in [2.75, 3.05) is 11.9 Å². The minimum Gasteiger partial charge on any atom is -0.494 e. The molecule has 0 fully saturated rings. The van der Waals surface area contributed by atoms with Crippen molar-refractivity contribution in [2.45, 2.75) is 33.8 Å². The fraction of sp³-hybridized carbons (Fsp3) is 0.316. The van der Waals surface area contributed by atoms with Gasteiger partial charge in [-0.1, -0.05) is 0 Å². The highest BCUT2D eigenvalue weighted by Crippen LogP contribution is 2.33. The van der Waals surface area contributed by atoms with E-state index in [0.29, 0.717) is 33.4 Å². The van der Waals surface area contributed by atoms with Crippen LogP contribution in [0.1, 0.15) is 51.9 Å². The molecule has 1 amide bonds. The molecular formula is C19H20N2O4S. The number of ether oxygens (including phenoxy) is 2. The highest BCUT2D eigenvalue weighted by Gasteiger charge is 2.23. The van der Waals surface area contributed by atoms with Crippen LogP contribution in [0.15, 0.2) is 24.3 Å². The van der Waals surface area contributed by atoms with E-state index in [1.165, 1.54) is 0 Å². The number of esters is 1. The number of nitrogens with zero attached hydrogens (tertiary/aromatic N) is 1. The minimum atomic E-state index is -0.499. The van der Waals surface area contributed by atoms with Crippen LogP contribution in [0.5, 0.6) is 5.75 Å². The van der Waals surface area contributed by atoms with Gasteiger partial charge in [0.1, 0.15) is 21.7 Å². The van der Waals surface area contributed by atoms with Gasteiger partial charge >= 0.3 is 5.97 Å². The van der Waals surface area contributed by atoms with E-state index in [-0.39, 0.29) is 17.6 Å². The molecule has 136 valence electrons. The molecule has 1 heterocycles. The summed E-state index contributed by atoms with van der Waals surface area (Å²) >= 11 is 1.04. The van der Waals surface area contributed by atoms with Crippen LogP contribution in [0.3, 0.4) is 0 Å². The molecule has 1 aromatic carbocycles. The average Bonchev–Trinajstić information content (AvgIpc) is 2.90. The standard InChI is InChI=1S/C19H20N2O4S/c1-5-24-14-8-6-13(7-9-14)17(22)21-18-15(10-20)12(4)16(26-18)19(23)25-11(2)3/h6-9,11H,5H2,1-4H3,(H,21,22). The fourth-order valence-electron chi connectivity index (χ4n) is 2.24. The maximum atomic E-state index is 12.4. The lowest BCUT2D eigenvalue weighted by Gasteiger charge is -2.06. The van der Waals surface area contributed by atoms with Crippen molar-refractivity contribution >= 4 is 28.2 Å². The van der Waals surface area contributed by atoms with Crippen molar-refractivity contribution in [1.29, 1.82) is 5.26 Å². The normalized spacial score (nSPS) is 10.3. The second kappa shape index (κ2) is 8.50. The summed E-state index contributed by atoms with van der Waals surface area (Å²) in [6.45, 7) is 7.59. The Morgan fingerprint density at radius 3 is 2.46 bits per heavy atom. The number of carbonyl (C=O) groups excluding carboxylic acids is 2. The first kappa shape index (κ1) is 19.5. The molecule has 0 atom stereocenters. The van der Waals surface area contributed by atoms with Gasteiger partial charge in [-0.2, -0.15) is 5.26 Å². The number of rotatable bonds is 6. The number of nitrogens with one attached hydrogen (secondary N) is 1. The van der Waals surface area contributed by atoms with Gasteiger partial charge in [0.15, 0.2) is 0 Å². The first-order valence-corrected chi connectivity index (χ1v) is 8.97. The summed E-state index contributed by atoms with van der Waals surface area (Å²) in [5.41, 5.74) is 1.20. The van der Waals surface area contributed by atoms with Crippen molar-refractivity contribution < 1.29 is 19.1 Å². The monoisotopic (exact) mass is 372 g/mol. The van der Waals surface area contributed by atoms with E-state index in [9.17, 15) is 14.9 Å². The largest absolute Gasteiger partial charge is 0.494 e. The smallest absolute Gasteiger partial charge is 0.348 e. The molecule has 0 saturated carbocycles. The van der Waals surface area contributed by atoms with Crippen LogP contribution in [0.4, 0.5) is 5.00 Å². The predicted molar refractivity (Wildman–Crippen MR) is 99.9 cm³/mol. The van der Waals surface area contributed by atoms with Crippen molar-refractivity contribution in [3.8, 4) is 11.8 Å². The second-order valence-electron chi connectivity index (χ2n) is 5.74. The quantitative estimate of drug-likeness (QED) is 0.770. The number of hydrogen-bond donors (Lipinski definition) is 1. The number of amides is 1. The summed E-state index contributed by atoms with van der Waals surface area (Å²) in [6, 6.07) is 8.73. The van der Waals surface area contributed by atoms with Gasteiger partial charge in [-0.15, -0.1) is 11.3 Å². The Morgan fingerprint density at radius 1 is 1.27 bits per heavy atom. The van der Waals surface area contributed by atoms with E-state index in [2.05, 4.69) is 5.32 Å². The fourth-order valence-corrected chi connectivity index (χ4v) is 3.28. The first-order chi connectivity index (χ1) is 12.4. The zero-order chi connectivity index (χ0) is 19.3. The summed E-state index contributed by atoms with van der Waals surface area (Å²) < 4.78 is 10.5. The van der Waals surface area contributed by atoms with Gasteiger partial charge in [0, 0.05) is 5.56 Å². The van der Waals surface area contributed by atoms with Gasteiger partial charge in [-0.3, -0.25) is 4.79 Å². The molecule has 0 saturated heterocycles. The predicted octanol–water partition coefficient (Wildman–Crippen LogP) is 4.14. The van der Waals surface area contributed by atoms with E-state index in [1.54, 1.807) is 45.0 Å². The summed E-state index contributed by atoms with van der Waals surface area (Å²) in [5.74, 6) is -0.192. The molecule has 0 radical (unpaired) electrons. The Bertz CT molecular complexity index is 848. The molecule has 1 N–H and O–H groups in total. The third-order valence-electron chi connectivity index (χ3n) is 3.44. The topological polar surface area (TPSA) is 88.4 Å². The van der Waals surface area contributed by atoms with Crippen LogP contribution < -0.4 is 10.1 Å². The molecule has 0 unspecified atom stereocenters. The number of nitriles is 1. The summed E-state index contributed by atoms with van der Waals surface area (Å²) in [4.78, 5) is 24.9. The van der Waals surface area contributed by atoms with Crippen molar-refractivity contribution in [3.63, 3.8) is 0 Å². The zero-order valence-electron chi connectivity index (χ0n) is 15.1. The molecule has 6 nitrogen and oxygen atoms in total. The maximum absolute atomic E-state index is 12.4. The van der Waals surface area contributed by atoms with E-state index in [4.69, 9.17) is 9.47 Å². The number of anilines is 1. The van der Waals surface area contributed by atoms with Gasteiger partial charge < -0.3 is 14.8 Å². The van der Waals surface area contributed by atoms with Crippen molar-refractivity contribution in [3.05, 3.63) is 45.8 Å².